The molecular weight excluding hydrogens is 425 g/mol. The van der Waals surface area contributed by atoms with E-state index in [-0.39, 0.29) is 5.82 Å². The van der Waals surface area contributed by atoms with Gasteiger partial charge in [-0.3, -0.25) is 0 Å². The highest BCUT2D eigenvalue weighted by atomic mass is 32.1. The number of pyridine rings is 1. The fraction of sp³-hybridized carbons (Fsp3) is 0.136. The average molecular weight is 440 g/mol. The van der Waals surface area contributed by atoms with Crippen molar-refractivity contribution in [1.82, 2.24) is 19.7 Å². The maximum Gasteiger partial charge on any atom is 0.416 e. The number of thiophene rings is 1. The van der Waals surface area contributed by atoms with Gasteiger partial charge in [0, 0.05) is 29.0 Å². The molecule has 0 bridgehead atoms. The molecule has 0 amide bonds. The van der Waals surface area contributed by atoms with E-state index in [0.717, 1.165) is 44.2 Å². The Bertz CT molecular complexity index is 1380. The Morgan fingerprint density at radius 2 is 1.71 bits per heavy atom. The summed E-state index contributed by atoms with van der Waals surface area (Å²) >= 11 is 1.44. The first kappa shape index (κ1) is 19.5. The molecule has 5 rings (SSSR count). The Morgan fingerprint density at radius 3 is 2.39 bits per heavy atom. The summed E-state index contributed by atoms with van der Waals surface area (Å²) in [7, 11) is 0. The molecule has 31 heavy (non-hydrogen) atoms. The van der Waals surface area contributed by atoms with Crippen molar-refractivity contribution < 1.29 is 17.7 Å². The van der Waals surface area contributed by atoms with E-state index < -0.39 is 11.7 Å². The Labute approximate surface area is 178 Å². The Hall–Kier alpha value is -3.46. The standard InChI is InChI=1S/C22H15F3N4OS/c1-12-11-13(2)26-21-16(12)17(29-9-3-4-10-29)18(31-21)20-27-19(28-30-20)14-5-7-15(8-6-14)22(23,24)25/h3-11H,1-2H3. The van der Waals surface area contributed by atoms with Gasteiger partial charge in [0.25, 0.3) is 5.89 Å². The zero-order valence-corrected chi connectivity index (χ0v) is 17.3. The number of benzene rings is 1. The second-order valence-electron chi connectivity index (χ2n) is 7.13. The largest absolute Gasteiger partial charge is 0.416 e. The van der Waals surface area contributed by atoms with Gasteiger partial charge >= 0.3 is 6.18 Å². The number of hydrogen-bond acceptors (Lipinski definition) is 5. The normalized spacial score (nSPS) is 12.0. The third-order valence-corrected chi connectivity index (χ3v) is 5.98. The van der Waals surface area contributed by atoms with Gasteiger partial charge < -0.3 is 9.09 Å². The molecule has 0 saturated carbocycles. The molecule has 0 aliphatic heterocycles. The van der Waals surface area contributed by atoms with Gasteiger partial charge in [0.05, 0.1) is 11.3 Å². The smallest absolute Gasteiger partial charge is 0.333 e. The van der Waals surface area contributed by atoms with Gasteiger partial charge in [0.2, 0.25) is 5.82 Å². The van der Waals surface area contributed by atoms with Crippen LogP contribution in [0.5, 0.6) is 0 Å². The molecule has 9 heteroatoms. The van der Waals surface area contributed by atoms with Crippen molar-refractivity contribution in [2.24, 2.45) is 0 Å². The van der Waals surface area contributed by atoms with Crippen LogP contribution in [0.15, 0.2) is 59.4 Å². The first-order chi connectivity index (χ1) is 14.8. The molecule has 0 aliphatic rings. The summed E-state index contributed by atoms with van der Waals surface area (Å²) in [4.78, 5) is 10.7. The van der Waals surface area contributed by atoms with Crippen LogP contribution in [-0.4, -0.2) is 19.7 Å². The van der Waals surface area contributed by atoms with E-state index in [9.17, 15) is 13.2 Å². The number of aryl methyl sites for hydroxylation is 2. The first-order valence-electron chi connectivity index (χ1n) is 9.37. The summed E-state index contributed by atoms with van der Waals surface area (Å²) in [5.74, 6) is 0.513. The molecule has 0 aliphatic carbocycles. The number of fused-ring (bicyclic) bond motifs is 1. The van der Waals surface area contributed by atoms with Crippen molar-refractivity contribution in [1.29, 1.82) is 0 Å². The van der Waals surface area contributed by atoms with Crippen molar-refractivity contribution in [3.05, 3.63) is 71.7 Å². The molecule has 0 N–H and O–H groups in total. The monoisotopic (exact) mass is 440 g/mol. The fourth-order valence-electron chi connectivity index (χ4n) is 3.54. The van der Waals surface area contributed by atoms with E-state index in [1.807, 2.05) is 49.0 Å². The lowest BCUT2D eigenvalue weighted by molar-refractivity contribution is -0.137. The van der Waals surface area contributed by atoms with Crippen molar-refractivity contribution in [2.45, 2.75) is 20.0 Å². The second kappa shape index (κ2) is 7.05. The van der Waals surface area contributed by atoms with Gasteiger partial charge in [-0.2, -0.15) is 18.2 Å². The summed E-state index contributed by atoms with van der Waals surface area (Å²) in [6.07, 6.45) is -0.540. The van der Waals surface area contributed by atoms with E-state index >= 15 is 0 Å². The van der Waals surface area contributed by atoms with E-state index in [1.54, 1.807) is 0 Å². The maximum atomic E-state index is 12.8. The third kappa shape index (κ3) is 3.40. The number of rotatable bonds is 3. The van der Waals surface area contributed by atoms with Crippen LogP contribution in [0.25, 0.3) is 38.1 Å². The SMILES string of the molecule is Cc1cc(C)c2c(-n3cccc3)c(-c3nc(-c4ccc(C(F)(F)F)cc4)no3)sc2n1. The van der Waals surface area contributed by atoms with Crippen molar-refractivity contribution in [3.8, 4) is 27.8 Å². The molecule has 5 aromatic rings. The van der Waals surface area contributed by atoms with Crippen LogP contribution in [0.1, 0.15) is 16.8 Å². The zero-order valence-electron chi connectivity index (χ0n) is 16.4. The minimum atomic E-state index is -4.40. The maximum absolute atomic E-state index is 12.8. The topological polar surface area (TPSA) is 56.7 Å². The zero-order chi connectivity index (χ0) is 21.8. The highest BCUT2D eigenvalue weighted by Crippen LogP contribution is 2.42. The highest BCUT2D eigenvalue weighted by Gasteiger charge is 2.30. The van der Waals surface area contributed by atoms with E-state index in [4.69, 9.17) is 4.52 Å². The molecule has 0 unspecified atom stereocenters. The molecule has 0 atom stereocenters. The summed E-state index contributed by atoms with van der Waals surface area (Å²) < 4.78 is 46.0. The van der Waals surface area contributed by atoms with Gasteiger partial charge in [0.15, 0.2) is 0 Å². The van der Waals surface area contributed by atoms with Gasteiger partial charge in [-0.05, 0) is 49.7 Å². The Morgan fingerprint density at radius 1 is 1.00 bits per heavy atom. The Balaban J connectivity index is 1.63. The number of nitrogens with zero attached hydrogens (tertiary/aromatic N) is 4. The fourth-order valence-corrected chi connectivity index (χ4v) is 4.76. The minimum Gasteiger partial charge on any atom is -0.333 e. The highest BCUT2D eigenvalue weighted by molar-refractivity contribution is 7.22. The molecule has 0 saturated heterocycles. The molecule has 156 valence electrons. The van der Waals surface area contributed by atoms with Crippen LogP contribution >= 0.6 is 11.3 Å². The molecule has 0 fully saturated rings. The van der Waals surface area contributed by atoms with Crippen LogP contribution in [0.2, 0.25) is 0 Å². The quantitative estimate of drug-likeness (QED) is 0.324. The summed E-state index contributed by atoms with van der Waals surface area (Å²) in [6, 6.07) is 10.6. The number of hydrogen-bond donors (Lipinski definition) is 0. The minimum absolute atomic E-state index is 0.223. The van der Waals surface area contributed by atoms with Gasteiger partial charge in [-0.1, -0.05) is 17.3 Å². The number of halogens is 3. The van der Waals surface area contributed by atoms with Crippen LogP contribution in [0, 0.1) is 13.8 Å². The van der Waals surface area contributed by atoms with Gasteiger partial charge in [-0.25, -0.2) is 4.98 Å². The summed E-state index contributed by atoms with van der Waals surface area (Å²) in [5, 5.41) is 4.99. The lowest BCUT2D eigenvalue weighted by Gasteiger charge is -2.06. The first-order valence-corrected chi connectivity index (χ1v) is 10.2. The van der Waals surface area contributed by atoms with E-state index in [2.05, 4.69) is 15.1 Å². The number of aromatic nitrogens is 4. The molecule has 4 heterocycles. The van der Waals surface area contributed by atoms with Crippen LogP contribution in [0.4, 0.5) is 13.2 Å². The van der Waals surface area contributed by atoms with Crippen molar-refractivity contribution in [2.75, 3.05) is 0 Å². The lowest BCUT2D eigenvalue weighted by atomic mass is 10.1. The average Bonchev–Trinajstić information content (AvgIpc) is 3.46. The van der Waals surface area contributed by atoms with E-state index in [1.165, 1.54) is 23.5 Å². The van der Waals surface area contributed by atoms with Crippen LogP contribution in [-0.2, 0) is 6.18 Å². The van der Waals surface area contributed by atoms with Crippen LogP contribution < -0.4 is 0 Å². The van der Waals surface area contributed by atoms with Crippen molar-refractivity contribution in [3.63, 3.8) is 0 Å². The summed E-state index contributed by atoms with van der Waals surface area (Å²) in [6.45, 7) is 3.97. The van der Waals surface area contributed by atoms with Crippen molar-refractivity contribution >= 4 is 21.6 Å². The third-order valence-electron chi connectivity index (χ3n) is 4.92. The molecule has 0 spiro atoms. The second-order valence-corrected chi connectivity index (χ2v) is 8.13. The van der Waals surface area contributed by atoms with Crippen LogP contribution in [0.3, 0.4) is 0 Å². The number of alkyl halides is 3. The summed E-state index contributed by atoms with van der Waals surface area (Å²) in [5.41, 5.74) is 2.59. The Kier molecular flexibility index (Phi) is 4.44. The predicted molar refractivity (Wildman–Crippen MR) is 112 cm³/mol. The predicted octanol–water partition coefficient (Wildman–Crippen LogP) is 6.44. The van der Waals surface area contributed by atoms with Gasteiger partial charge in [-0.15, -0.1) is 11.3 Å². The molecule has 0 radical (unpaired) electrons. The van der Waals surface area contributed by atoms with E-state index in [0.29, 0.717) is 11.5 Å². The molecule has 5 nitrogen and oxygen atoms in total. The van der Waals surface area contributed by atoms with Gasteiger partial charge in [0.1, 0.15) is 9.71 Å². The molecule has 4 aromatic heterocycles. The lowest BCUT2D eigenvalue weighted by Crippen LogP contribution is -2.04. The molecular formula is C22H15F3N4OS. The molecule has 1 aromatic carbocycles.